The van der Waals surface area contributed by atoms with Crippen molar-refractivity contribution in [1.29, 1.82) is 0 Å². The molecule has 1 aliphatic rings. The Morgan fingerprint density at radius 2 is 2.37 bits per heavy atom. The van der Waals surface area contributed by atoms with Gasteiger partial charge in [0.2, 0.25) is 5.79 Å². The minimum atomic E-state index is -1.47. The molecule has 0 spiro atoms. The second-order valence-corrected chi connectivity index (χ2v) is 4.92. The summed E-state index contributed by atoms with van der Waals surface area (Å²) in [5.74, 6) is -1.28. The zero-order chi connectivity index (χ0) is 13.6. The lowest BCUT2D eigenvalue weighted by Gasteiger charge is -2.26. The average Bonchev–Trinajstić information content (AvgIpc) is 2.94. The summed E-state index contributed by atoms with van der Waals surface area (Å²) in [6.45, 7) is 1.76. The van der Waals surface area contributed by atoms with Crippen LogP contribution in [0.2, 0.25) is 0 Å². The maximum Gasteiger partial charge on any atom is 0.212 e. The van der Waals surface area contributed by atoms with E-state index in [9.17, 15) is 10.2 Å². The Labute approximate surface area is 109 Å². The van der Waals surface area contributed by atoms with Crippen LogP contribution in [0.3, 0.4) is 0 Å². The Morgan fingerprint density at radius 3 is 3.05 bits per heavy atom. The average molecular weight is 264 g/mol. The van der Waals surface area contributed by atoms with Gasteiger partial charge in [0.15, 0.2) is 5.82 Å². The van der Waals surface area contributed by atoms with Gasteiger partial charge >= 0.3 is 0 Å². The largest absolute Gasteiger partial charge is 0.394 e. The van der Waals surface area contributed by atoms with E-state index in [-0.39, 0.29) is 18.6 Å². The summed E-state index contributed by atoms with van der Waals surface area (Å²) >= 11 is 0. The van der Waals surface area contributed by atoms with Crippen LogP contribution >= 0.6 is 0 Å². The van der Waals surface area contributed by atoms with Crippen molar-refractivity contribution in [2.75, 3.05) is 12.3 Å². The molecule has 3 rings (SSSR count). The summed E-state index contributed by atoms with van der Waals surface area (Å²) < 4.78 is 7.11. The number of ether oxygens (including phenoxy) is 1. The highest BCUT2D eigenvalue weighted by molar-refractivity contribution is 5.65. The van der Waals surface area contributed by atoms with Gasteiger partial charge in [-0.25, -0.2) is 9.50 Å². The fourth-order valence-electron chi connectivity index (χ4n) is 2.62. The van der Waals surface area contributed by atoms with Crippen molar-refractivity contribution in [2.24, 2.45) is 5.92 Å². The summed E-state index contributed by atoms with van der Waals surface area (Å²) in [5, 5.41) is 24.0. The van der Waals surface area contributed by atoms with E-state index in [0.717, 1.165) is 0 Å². The first kappa shape index (κ1) is 12.3. The molecular weight excluding hydrogens is 248 g/mol. The standard InChI is InChI=1S/C12H16N4O3/c1-7-4-8(5-17)19-12(7,18)10-3-2-9-11(13)14-6-15-16(9)10/h2-3,6-8,17-18H,4-5H2,1H3,(H2,13,14,15). The third-order valence-electron chi connectivity index (χ3n) is 3.68. The highest BCUT2D eigenvalue weighted by Gasteiger charge is 2.48. The summed E-state index contributed by atoms with van der Waals surface area (Å²) in [6.07, 6.45) is 1.55. The number of hydrogen-bond donors (Lipinski definition) is 3. The SMILES string of the molecule is CC1CC(CO)OC1(O)c1ccc2c(N)ncnn12. The molecule has 0 aromatic carbocycles. The topological polar surface area (TPSA) is 106 Å². The maximum absolute atomic E-state index is 10.8. The van der Waals surface area contributed by atoms with Gasteiger partial charge in [0.05, 0.1) is 12.7 Å². The Bertz CT molecular complexity index is 614. The Hall–Kier alpha value is -1.70. The van der Waals surface area contributed by atoms with E-state index >= 15 is 0 Å². The number of anilines is 1. The molecule has 0 aliphatic carbocycles. The normalized spacial score (nSPS) is 31.1. The number of nitrogens with two attached hydrogens (primary N) is 1. The summed E-state index contributed by atoms with van der Waals surface area (Å²) in [7, 11) is 0. The van der Waals surface area contributed by atoms with Crippen LogP contribution in [-0.4, -0.2) is 37.5 Å². The summed E-state index contributed by atoms with van der Waals surface area (Å²) in [5.41, 5.74) is 6.88. The maximum atomic E-state index is 10.8. The molecule has 3 atom stereocenters. The fraction of sp³-hybridized carbons (Fsp3) is 0.500. The third kappa shape index (κ3) is 1.70. The number of hydrogen-bond acceptors (Lipinski definition) is 6. The van der Waals surface area contributed by atoms with Gasteiger partial charge in [-0.05, 0) is 18.6 Å². The highest BCUT2D eigenvalue weighted by Crippen LogP contribution is 2.42. The second-order valence-electron chi connectivity index (χ2n) is 4.92. The first-order valence-electron chi connectivity index (χ1n) is 6.16. The molecular formula is C12H16N4O3. The number of rotatable bonds is 2. The first-order chi connectivity index (χ1) is 9.06. The monoisotopic (exact) mass is 264 g/mol. The Kier molecular flexibility index (Phi) is 2.70. The summed E-state index contributed by atoms with van der Waals surface area (Å²) in [6, 6.07) is 3.46. The number of aliphatic hydroxyl groups excluding tert-OH is 1. The zero-order valence-electron chi connectivity index (χ0n) is 10.5. The molecule has 102 valence electrons. The molecule has 19 heavy (non-hydrogen) atoms. The molecule has 4 N–H and O–H groups in total. The van der Waals surface area contributed by atoms with Crippen molar-refractivity contribution in [3.8, 4) is 0 Å². The van der Waals surface area contributed by atoms with Crippen LogP contribution in [0, 0.1) is 5.92 Å². The Morgan fingerprint density at radius 1 is 1.58 bits per heavy atom. The van der Waals surface area contributed by atoms with Crippen LogP contribution < -0.4 is 5.73 Å². The number of fused-ring (bicyclic) bond motifs is 1. The van der Waals surface area contributed by atoms with E-state index in [2.05, 4.69) is 10.1 Å². The van der Waals surface area contributed by atoms with Crippen LogP contribution in [0.4, 0.5) is 5.82 Å². The van der Waals surface area contributed by atoms with Gasteiger partial charge < -0.3 is 20.7 Å². The Balaban J connectivity index is 2.12. The van der Waals surface area contributed by atoms with Gasteiger partial charge in [-0.15, -0.1) is 0 Å². The van der Waals surface area contributed by atoms with Crippen molar-refractivity contribution in [2.45, 2.75) is 25.2 Å². The molecule has 7 heteroatoms. The molecule has 1 saturated heterocycles. The van der Waals surface area contributed by atoms with Gasteiger partial charge in [0, 0.05) is 5.92 Å². The number of aliphatic hydroxyl groups is 2. The minimum absolute atomic E-state index is 0.118. The molecule has 3 heterocycles. The molecule has 2 aromatic heterocycles. The number of nitrogen functional groups attached to an aromatic ring is 1. The quantitative estimate of drug-likeness (QED) is 0.698. The lowest BCUT2D eigenvalue weighted by atomic mass is 9.96. The van der Waals surface area contributed by atoms with Gasteiger partial charge in [0.1, 0.15) is 17.5 Å². The van der Waals surface area contributed by atoms with E-state index in [1.807, 2.05) is 6.92 Å². The smallest absolute Gasteiger partial charge is 0.212 e. The van der Waals surface area contributed by atoms with E-state index < -0.39 is 5.79 Å². The van der Waals surface area contributed by atoms with E-state index in [4.69, 9.17) is 10.5 Å². The van der Waals surface area contributed by atoms with Crippen molar-refractivity contribution >= 4 is 11.3 Å². The van der Waals surface area contributed by atoms with Crippen molar-refractivity contribution in [3.05, 3.63) is 24.2 Å². The fourth-order valence-corrected chi connectivity index (χ4v) is 2.62. The van der Waals surface area contributed by atoms with Crippen LogP contribution in [0.25, 0.3) is 5.52 Å². The molecule has 1 fully saturated rings. The lowest BCUT2D eigenvalue weighted by Crippen LogP contribution is -2.33. The van der Waals surface area contributed by atoms with Crippen LogP contribution in [-0.2, 0) is 10.5 Å². The van der Waals surface area contributed by atoms with Crippen LogP contribution in [0.15, 0.2) is 18.5 Å². The molecule has 0 bridgehead atoms. The van der Waals surface area contributed by atoms with Crippen molar-refractivity contribution in [3.63, 3.8) is 0 Å². The van der Waals surface area contributed by atoms with Gasteiger partial charge in [-0.1, -0.05) is 6.92 Å². The predicted octanol–water partition coefficient (Wildman–Crippen LogP) is -0.126. The molecule has 0 radical (unpaired) electrons. The minimum Gasteiger partial charge on any atom is -0.394 e. The lowest BCUT2D eigenvalue weighted by molar-refractivity contribution is -0.226. The van der Waals surface area contributed by atoms with E-state index in [1.165, 1.54) is 10.8 Å². The molecule has 3 unspecified atom stereocenters. The second kappa shape index (κ2) is 4.16. The number of nitrogens with zero attached hydrogens (tertiary/aromatic N) is 3. The third-order valence-corrected chi connectivity index (χ3v) is 3.68. The van der Waals surface area contributed by atoms with Crippen molar-refractivity contribution < 1.29 is 14.9 Å². The molecule has 0 saturated carbocycles. The van der Waals surface area contributed by atoms with Crippen LogP contribution in [0.1, 0.15) is 19.0 Å². The van der Waals surface area contributed by atoms with Crippen LogP contribution in [0.5, 0.6) is 0 Å². The summed E-state index contributed by atoms with van der Waals surface area (Å²) in [4.78, 5) is 3.90. The van der Waals surface area contributed by atoms with Crippen molar-refractivity contribution in [1.82, 2.24) is 14.6 Å². The zero-order valence-corrected chi connectivity index (χ0v) is 10.5. The van der Waals surface area contributed by atoms with Gasteiger partial charge in [0.25, 0.3) is 0 Å². The van der Waals surface area contributed by atoms with E-state index in [0.29, 0.717) is 23.4 Å². The van der Waals surface area contributed by atoms with Gasteiger partial charge in [-0.2, -0.15) is 5.10 Å². The van der Waals surface area contributed by atoms with Gasteiger partial charge in [-0.3, -0.25) is 0 Å². The number of aromatic nitrogens is 3. The predicted molar refractivity (Wildman–Crippen MR) is 67.0 cm³/mol. The first-order valence-corrected chi connectivity index (χ1v) is 6.16. The molecule has 0 amide bonds. The molecule has 2 aromatic rings. The highest BCUT2D eigenvalue weighted by atomic mass is 16.6. The molecule has 1 aliphatic heterocycles. The molecule has 7 nitrogen and oxygen atoms in total. The van der Waals surface area contributed by atoms with E-state index in [1.54, 1.807) is 12.1 Å².